The SMILES string of the molecule is O=C(Cc1ccc(Br)cn1)c1ccc(F)cc1Cl. The molecular weight excluding hydrogens is 321 g/mol. The molecule has 0 aliphatic heterocycles. The molecule has 0 atom stereocenters. The number of ketones is 1. The van der Waals surface area contributed by atoms with Crippen LogP contribution in [0.4, 0.5) is 4.39 Å². The average Bonchev–Trinajstić information content (AvgIpc) is 2.32. The first-order valence-corrected chi connectivity index (χ1v) is 6.32. The summed E-state index contributed by atoms with van der Waals surface area (Å²) < 4.78 is 13.7. The maximum absolute atomic E-state index is 12.9. The third-order valence-electron chi connectivity index (χ3n) is 2.36. The molecule has 2 rings (SSSR count). The predicted molar refractivity (Wildman–Crippen MR) is 71.4 cm³/mol. The summed E-state index contributed by atoms with van der Waals surface area (Å²) in [4.78, 5) is 16.1. The molecule has 0 fully saturated rings. The second-order valence-corrected chi connectivity index (χ2v) is 5.01. The van der Waals surface area contributed by atoms with Crippen molar-refractivity contribution in [2.75, 3.05) is 0 Å². The van der Waals surface area contributed by atoms with E-state index in [1.54, 1.807) is 12.3 Å². The number of benzene rings is 1. The van der Waals surface area contributed by atoms with Gasteiger partial charge in [0.1, 0.15) is 5.82 Å². The molecular formula is C13H8BrClFNO. The Balaban J connectivity index is 2.19. The minimum absolute atomic E-state index is 0.122. The molecule has 1 aromatic heterocycles. The van der Waals surface area contributed by atoms with Gasteiger partial charge >= 0.3 is 0 Å². The number of Topliss-reactive ketones (excluding diaryl/α,β-unsaturated/α-hetero) is 1. The van der Waals surface area contributed by atoms with E-state index in [0.29, 0.717) is 11.3 Å². The lowest BCUT2D eigenvalue weighted by atomic mass is 10.1. The van der Waals surface area contributed by atoms with Crippen LogP contribution in [0.5, 0.6) is 0 Å². The molecule has 0 saturated carbocycles. The highest BCUT2D eigenvalue weighted by Crippen LogP contribution is 2.19. The summed E-state index contributed by atoms with van der Waals surface area (Å²) in [6.07, 6.45) is 1.76. The second-order valence-electron chi connectivity index (χ2n) is 3.69. The molecule has 1 heterocycles. The minimum Gasteiger partial charge on any atom is -0.294 e. The zero-order valence-corrected chi connectivity index (χ0v) is 11.5. The third kappa shape index (κ3) is 3.15. The number of carbonyl (C=O) groups excluding carboxylic acids is 1. The Labute approximate surface area is 117 Å². The lowest BCUT2D eigenvalue weighted by Crippen LogP contribution is -2.05. The molecule has 0 bridgehead atoms. The van der Waals surface area contributed by atoms with Gasteiger partial charge in [-0.05, 0) is 46.3 Å². The van der Waals surface area contributed by atoms with Crippen LogP contribution in [0.15, 0.2) is 41.0 Å². The van der Waals surface area contributed by atoms with Crippen molar-refractivity contribution in [3.8, 4) is 0 Å². The van der Waals surface area contributed by atoms with Crippen molar-refractivity contribution in [3.05, 3.63) is 63.1 Å². The Kier molecular flexibility index (Phi) is 4.09. The molecule has 0 aliphatic rings. The van der Waals surface area contributed by atoms with Gasteiger partial charge in [-0.1, -0.05) is 11.6 Å². The van der Waals surface area contributed by atoms with Gasteiger partial charge < -0.3 is 0 Å². The molecule has 0 amide bonds. The molecule has 2 aromatic rings. The molecule has 92 valence electrons. The molecule has 0 saturated heterocycles. The molecule has 1 aromatic carbocycles. The van der Waals surface area contributed by atoms with Crippen LogP contribution in [0, 0.1) is 5.82 Å². The van der Waals surface area contributed by atoms with E-state index >= 15 is 0 Å². The minimum atomic E-state index is -0.460. The molecule has 0 unspecified atom stereocenters. The monoisotopic (exact) mass is 327 g/mol. The van der Waals surface area contributed by atoms with E-state index in [2.05, 4.69) is 20.9 Å². The van der Waals surface area contributed by atoms with Crippen LogP contribution >= 0.6 is 27.5 Å². The van der Waals surface area contributed by atoms with Crippen LogP contribution in [0.3, 0.4) is 0 Å². The van der Waals surface area contributed by atoms with Crippen molar-refractivity contribution in [2.24, 2.45) is 0 Å². The Bertz CT molecular complexity index is 586. The highest BCUT2D eigenvalue weighted by molar-refractivity contribution is 9.10. The molecule has 0 N–H and O–H groups in total. The summed E-state index contributed by atoms with van der Waals surface area (Å²) in [6.45, 7) is 0. The smallest absolute Gasteiger partial charge is 0.170 e. The van der Waals surface area contributed by atoms with Gasteiger partial charge in [-0.2, -0.15) is 0 Å². The van der Waals surface area contributed by atoms with Crippen molar-refractivity contribution >= 4 is 33.3 Å². The summed E-state index contributed by atoms with van der Waals surface area (Å²) in [7, 11) is 0. The highest BCUT2D eigenvalue weighted by Gasteiger charge is 2.12. The summed E-state index contributed by atoms with van der Waals surface area (Å²) >= 11 is 9.09. The number of hydrogen-bond acceptors (Lipinski definition) is 2. The normalized spacial score (nSPS) is 10.4. The van der Waals surface area contributed by atoms with Gasteiger partial charge in [0, 0.05) is 21.9 Å². The first kappa shape index (κ1) is 13.2. The van der Waals surface area contributed by atoms with Gasteiger partial charge in [-0.3, -0.25) is 9.78 Å². The van der Waals surface area contributed by atoms with Crippen molar-refractivity contribution in [1.29, 1.82) is 0 Å². The Morgan fingerprint density at radius 1 is 1.33 bits per heavy atom. The van der Waals surface area contributed by atoms with Gasteiger partial charge in [0.05, 0.1) is 11.4 Å². The number of nitrogens with zero attached hydrogens (tertiary/aromatic N) is 1. The number of carbonyl (C=O) groups is 1. The fraction of sp³-hybridized carbons (Fsp3) is 0.0769. The van der Waals surface area contributed by atoms with Crippen molar-refractivity contribution in [1.82, 2.24) is 4.98 Å². The summed E-state index contributed by atoms with van der Waals surface area (Å²) in [6, 6.07) is 7.29. The average molecular weight is 329 g/mol. The van der Waals surface area contributed by atoms with Gasteiger partial charge in [0.15, 0.2) is 5.78 Å². The zero-order valence-electron chi connectivity index (χ0n) is 9.16. The lowest BCUT2D eigenvalue weighted by Gasteiger charge is -2.03. The largest absolute Gasteiger partial charge is 0.294 e. The lowest BCUT2D eigenvalue weighted by molar-refractivity contribution is 0.0992. The maximum Gasteiger partial charge on any atom is 0.170 e. The number of aromatic nitrogens is 1. The van der Waals surface area contributed by atoms with E-state index in [1.807, 2.05) is 6.07 Å². The molecule has 2 nitrogen and oxygen atoms in total. The van der Waals surface area contributed by atoms with E-state index in [4.69, 9.17) is 11.6 Å². The first-order chi connectivity index (χ1) is 8.56. The first-order valence-electron chi connectivity index (χ1n) is 5.15. The third-order valence-corrected chi connectivity index (χ3v) is 3.14. The zero-order chi connectivity index (χ0) is 13.1. The standard InChI is InChI=1S/C13H8BrClFNO/c14-8-1-3-10(17-7-8)6-13(18)11-4-2-9(16)5-12(11)15/h1-5,7H,6H2. The fourth-order valence-corrected chi connectivity index (χ4v) is 1.99. The Morgan fingerprint density at radius 3 is 2.72 bits per heavy atom. The van der Waals surface area contributed by atoms with E-state index in [0.717, 1.165) is 10.5 Å². The Hall–Kier alpha value is -1.26. The van der Waals surface area contributed by atoms with Crippen LogP contribution in [0.25, 0.3) is 0 Å². The number of pyridine rings is 1. The van der Waals surface area contributed by atoms with Crippen molar-refractivity contribution in [3.63, 3.8) is 0 Å². The molecule has 0 spiro atoms. The Morgan fingerprint density at radius 2 is 2.11 bits per heavy atom. The van der Waals surface area contributed by atoms with Crippen LogP contribution < -0.4 is 0 Å². The number of halogens is 3. The van der Waals surface area contributed by atoms with Crippen molar-refractivity contribution < 1.29 is 9.18 Å². The number of rotatable bonds is 3. The van der Waals surface area contributed by atoms with Crippen LogP contribution in [-0.4, -0.2) is 10.8 Å². The fourth-order valence-electron chi connectivity index (χ4n) is 1.49. The van der Waals surface area contributed by atoms with E-state index in [-0.39, 0.29) is 17.2 Å². The molecule has 0 aliphatic carbocycles. The summed E-state index contributed by atoms with van der Waals surface area (Å²) in [5, 5.41) is 0.122. The van der Waals surface area contributed by atoms with Gasteiger partial charge in [-0.15, -0.1) is 0 Å². The van der Waals surface area contributed by atoms with Crippen LogP contribution in [0.1, 0.15) is 16.1 Å². The van der Waals surface area contributed by atoms with Gasteiger partial charge in [0.25, 0.3) is 0 Å². The molecule has 0 radical (unpaired) electrons. The molecule has 5 heteroatoms. The predicted octanol–water partition coefficient (Wildman–Crippen LogP) is 4.06. The number of hydrogen-bond donors (Lipinski definition) is 0. The van der Waals surface area contributed by atoms with E-state index < -0.39 is 5.82 Å². The topological polar surface area (TPSA) is 30.0 Å². The van der Waals surface area contributed by atoms with Crippen LogP contribution in [0.2, 0.25) is 5.02 Å². The quantitative estimate of drug-likeness (QED) is 0.795. The second kappa shape index (κ2) is 5.59. The van der Waals surface area contributed by atoms with Gasteiger partial charge in [-0.25, -0.2) is 4.39 Å². The summed E-state index contributed by atoms with van der Waals surface area (Å²) in [5.74, 6) is -0.645. The van der Waals surface area contributed by atoms with E-state index in [9.17, 15) is 9.18 Å². The maximum atomic E-state index is 12.9. The highest BCUT2D eigenvalue weighted by atomic mass is 79.9. The van der Waals surface area contributed by atoms with Crippen LogP contribution in [-0.2, 0) is 6.42 Å². The van der Waals surface area contributed by atoms with E-state index in [1.165, 1.54) is 12.1 Å². The van der Waals surface area contributed by atoms with Gasteiger partial charge in [0.2, 0.25) is 0 Å². The summed E-state index contributed by atoms with van der Waals surface area (Å²) in [5.41, 5.74) is 0.950. The van der Waals surface area contributed by atoms with Crippen molar-refractivity contribution in [2.45, 2.75) is 6.42 Å². The molecule has 18 heavy (non-hydrogen) atoms.